The molecule has 0 aromatic heterocycles. The van der Waals surface area contributed by atoms with E-state index in [1.807, 2.05) is 4.90 Å². The van der Waals surface area contributed by atoms with Gasteiger partial charge in [0.25, 0.3) is 0 Å². The standard InChI is InChI=1S/C21H20F5N5O/c22-12-3-4-14(23)13(10-12)16-2-1-8-30(16)17-5-9-31-18(29-17)15(11-27-31)28-19(32)20(6-7-20)21(24,25)26/h3-5,9-11,15-16,18H,1-2,6-8H2,(H,28,32)/t15?,16-,18?/m1/s1. The van der Waals surface area contributed by atoms with E-state index in [0.717, 1.165) is 18.6 Å². The molecule has 2 fully saturated rings. The first-order valence-corrected chi connectivity index (χ1v) is 10.4. The fraction of sp³-hybridized carbons (Fsp3) is 0.476. The summed E-state index contributed by atoms with van der Waals surface area (Å²) in [6.07, 6.45) is 0.174. The normalized spacial score (nSPS) is 28.0. The molecule has 3 aliphatic heterocycles. The Morgan fingerprint density at radius 3 is 2.72 bits per heavy atom. The minimum atomic E-state index is -4.61. The number of fused-ring (bicyclic) bond motifs is 1. The molecule has 0 bridgehead atoms. The number of likely N-dealkylation sites (tertiary alicyclic amines) is 1. The zero-order valence-electron chi connectivity index (χ0n) is 16.8. The van der Waals surface area contributed by atoms with Gasteiger partial charge in [0.15, 0.2) is 6.17 Å². The summed E-state index contributed by atoms with van der Waals surface area (Å²) in [5, 5.41) is 8.00. The topological polar surface area (TPSA) is 60.3 Å². The molecule has 6 nitrogen and oxygen atoms in total. The summed E-state index contributed by atoms with van der Waals surface area (Å²) in [5.74, 6) is -1.64. The van der Waals surface area contributed by atoms with Crippen LogP contribution in [0.2, 0.25) is 0 Å². The van der Waals surface area contributed by atoms with Crippen molar-refractivity contribution in [1.82, 2.24) is 15.2 Å². The van der Waals surface area contributed by atoms with Crippen LogP contribution >= 0.6 is 0 Å². The summed E-state index contributed by atoms with van der Waals surface area (Å²) in [5.41, 5.74) is -2.10. The number of carbonyl (C=O) groups excluding carboxylic acids is 1. The van der Waals surface area contributed by atoms with Gasteiger partial charge in [-0.1, -0.05) is 0 Å². The summed E-state index contributed by atoms with van der Waals surface area (Å²) in [7, 11) is 0. The van der Waals surface area contributed by atoms with Gasteiger partial charge >= 0.3 is 6.18 Å². The third kappa shape index (κ3) is 3.34. The summed E-state index contributed by atoms with van der Waals surface area (Å²) in [4.78, 5) is 18.8. The van der Waals surface area contributed by atoms with E-state index >= 15 is 0 Å². The second-order valence-corrected chi connectivity index (χ2v) is 8.46. The first-order chi connectivity index (χ1) is 15.2. The van der Waals surface area contributed by atoms with Gasteiger partial charge in [0.2, 0.25) is 5.91 Å². The maximum atomic E-state index is 14.4. The second kappa shape index (κ2) is 7.28. The molecule has 1 saturated heterocycles. The van der Waals surface area contributed by atoms with Crippen LogP contribution in [0.5, 0.6) is 0 Å². The van der Waals surface area contributed by atoms with Crippen LogP contribution in [0.3, 0.4) is 0 Å². The molecule has 1 saturated carbocycles. The lowest BCUT2D eigenvalue weighted by molar-refractivity contribution is -0.192. The van der Waals surface area contributed by atoms with Gasteiger partial charge in [-0.05, 0) is 50.0 Å². The predicted octanol–water partition coefficient (Wildman–Crippen LogP) is 3.48. The Labute approximate surface area is 180 Å². The van der Waals surface area contributed by atoms with Crippen LogP contribution in [0.25, 0.3) is 0 Å². The Morgan fingerprint density at radius 1 is 1.22 bits per heavy atom. The van der Waals surface area contributed by atoms with Gasteiger partial charge in [-0.2, -0.15) is 18.3 Å². The lowest BCUT2D eigenvalue weighted by atomic mass is 10.0. The second-order valence-electron chi connectivity index (χ2n) is 8.46. The van der Waals surface area contributed by atoms with Crippen molar-refractivity contribution < 1.29 is 26.7 Å². The van der Waals surface area contributed by atoms with Gasteiger partial charge in [-0.25, -0.2) is 18.8 Å². The number of carbonyl (C=O) groups is 1. The highest BCUT2D eigenvalue weighted by Crippen LogP contribution is 2.57. The highest BCUT2D eigenvalue weighted by atomic mass is 19.4. The number of alkyl halides is 3. The molecule has 1 amide bonds. The van der Waals surface area contributed by atoms with Crippen molar-refractivity contribution in [2.24, 2.45) is 15.5 Å². The molecule has 2 unspecified atom stereocenters. The van der Waals surface area contributed by atoms with Crippen molar-refractivity contribution in [2.45, 2.75) is 50.1 Å². The third-order valence-electron chi connectivity index (χ3n) is 6.48. The van der Waals surface area contributed by atoms with Gasteiger partial charge in [0.1, 0.15) is 28.9 Å². The van der Waals surface area contributed by atoms with E-state index in [-0.39, 0.29) is 18.4 Å². The van der Waals surface area contributed by atoms with E-state index < -0.39 is 47.4 Å². The zero-order valence-corrected chi connectivity index (χ0v) is 16.8. The van der Waals surface area contributed by atoms with Crippen molar-refractivity contribution in [1.29, 1.82) is 0 Å². The van der Waals surface area contributed by atoms with E-state index in [1.165, 1.54) is 17.3 Å². The molecular formula is C21H20F5N5O. The van der Waals surface area contributed by atoms with Crippen molar-refractivity contribution >= 4 is 18.0 Å². The monoisotopic (exact) mass is 453 g/mol. The maximum Gasteiger partial charge on any atom is 0.403 e. The smallest absolute Gasteiger partial charge is 0.350 e. The summed E-state index contributed by atoms with van der Waals surface area (Å²) >= 11 is 0. The van der Waals surface area contributed by atoms with Crippen molar-refractivity contribution in [3.05, 3.63) is 47.7 Å². The number of nitrogens with one attached hydrogen (secondary N) is 1. The van der Waals surface area contributed by atoms with E-state index in [1.54, 1.807) is 12.3 Å². The minimum absolute atomic E-state index is 0.231. The number of hydrogen-bond acceptors (Lipinski definition) is 5. The fourth-order valence-corrected chi connectivity index (χ4v) is 4.52. The molecule has 1 N–H and O–H groups in total. The lowest BCUT2D eigenvalue weighted by Gasteiger charge is -2.32. The highest BCUT2D eigenvalue weighted by molar-refractivity contribution is 5.95. The van der Waals surface area contributed by atoms with Crippen LogP contribution in [-0.2, 0) is 4.79 Å². The number of hydrazone groups is 1. The lowest BCUT2D eigenvalue weighted by Crippen LogP contribution is -2.51. The van der Waals surface area contributed by atoms with Gasteiger partial charge in [-0.3, -0.25) is 4.79 Å². The summed E-state index contributed by atoms with van der Waals surface area (Å²) < 4.78 is 67.9. The molecule has 170 valence electrons. The van der Waals surface area contributed by atoms with Crippen molar-refractivity contribution in [3.63, 3.8) is 0 Å². The number of hydrogen-bond donors (Lipinski definition) is 1. The quantitative estimate of drug-likeness (QED) is 0.713. The minimum Gasteiger partial charge on any atom is -0.350 e. The average molecular weight is 453 g/mol. The molecule has 3 atom stereocenters. The van der Waals surface area contributed by atoms with Gasteiger partial charge in [0, 0.05) is 18.3 Å². The molecule has 1 aromatic rings. The Bertz CT molecular complexity index is 1030. The Hall–Kier alpha value is -2.98. The van der Waals surface area contributed by atoms with Crippen LogP contribution < -0.4 is 5.32 Å². The largest absolute Gasteiger partial charge is 0.403 e. The Morgan fingerprint density at radius 2 is 2.00 bits per heavy atom. The molecule has 1 aliphatic carbocycles. The Kier molecular flexibility index (Phi) is 4.75. The predicted molar refractivity (Wildman–Crippen MR) is 105 cm³/mol. The first kappa shape index (κ1) is 20.9. The summed E-state index contributed by atoms with van der Waals surface area (Å²) in [6, 6.07) is 2.06. The summed E-state index contributed by atoms with van der Waals surface area (Å²) in [6.45, 7) is 0.561. The number of rotatable bonds is 3. The van der Waals surface area contributed by atoms with Crippen LogP contribution in [0, 0.1) is 17.0 Å². The number of aliphatic imine (C=N–C) groups is 1. The SMILES string of the molecule is O=C(NC1C=NN2C=CC(N3CCC[C@@H]3c3cc(F)ccc3F)=NC12)C1(C(F)(F)F)CC1. The maximum absolute atomic E-state index is 14.4. The van der Waals surface area contributed by atoms with E-state index in [9.17, 15) is 26.7 Å². The number of amides is 1. The van der Waals surface area contributed by atoms with Crippen molar-refractivity contribution in [3.8, 4) is 0 Å². The fourth-order valence-electron chi connectivity index (χ4n) is 4.52. The number of benzene rings is 1. The number of nitrogens with zero attached hydrogens (tertiary/aromatic N) is 4. The van der Waals surface area contributed by atoms with Gasteiger partial charge < -0.3 is 10.2 Å². The van der Waals surface area contributed by atoms with E-state index in [4.69, 9.17) is 0 Å². The molecule has 0 spiro atoms. The molecule has 0 radical (unpaired) electrons. The van der Waals surface area contributed by atoms with Gasteiger partial charge in [0.05, 0.1) is 12.3 Å². The number of halogens is 5. The van der Waals surface area contributed by atoms with E-state index in [2.05, 4.69) is 15.4 Å². The highest BCUT2D eigenvalue weighted by Gasteiger charge is 2.68. The van der Waals surface area contributed by atoms with Crippen LogP contribution in [0.1, 0.15) is 37.3 Å². The van der Waals surface area contributed by atoms with Crippen LogP contribution in [-0.4, -0.2) is 52.8 Å². The average Bonchev–Trinajstić information content (AvgIpc) is 3.30. The van der Waals surface area contributed by atoms with Crippen molar-refractivity contribution in [2.75, 3.05) is 6.54 Å². The van der Waals surface area contributed by atoms with E-state index in [0.29, 0.717) is 18.8 Å². The van der Waals surface area contributed by atoms with Crippen LogP contribution in [0.15, 0.2) is 40.6 Å². The first-order valence-electron chi connectivity index (χ1n) is 10.4. The molecule has 5 rings (SSSR count). The molecule has 32 heavy (non-hydrogen) atoms. The Balaban J connectivity index is 1.36. The van der Waals surface area contributed by atoms with Gasteiger partial charge in [-0.15, -0.1) is 0 Å². The molecule has 3 heterocycles. The third-order valence-corrected chi connectivity index (χ3v) is 6.48. The van der Waals surface area contributed by atoms with Crippen LogP contribution in [0.4, 0.5) is 22.0 Å². The molecule has 11 heteroatoms. The molecular weight excluding hydrogens is 433 g/mol. The molecule has 4 aliphatic rings. The molecule has 1 aromatic carbocycles. The number of amidine groups is 1. The zero-order chi connectivity index (χ0) is 22.7.